The number of allylic oxidation sites excluding steroid dienone is 2. The first kappa shape index (κ1) is 20.7. The Morgan fingerprint density at radius 2 is 2.03 bits per heavy atom. The van der Waals surface area contributed by atoms with Crippen molar-refractivity contribution in [3.8, 4) is 10.6 Å². The lowest BCUT2D eigenvalue weighted by molar-refractivity contribution is 0.0849. The van der Waals surface area contributed by atoms with Crippen LogP contribution >= 0.6 is 11.3 Å². The number of benzene rings is 1. The van der Waals surface area contributed by atoms with Gasteiger partial charge in [0.1, 0.15) is 22.3 Å². The van der Waals surface area contributed by atoms with Gasteiger partial charge in [0, 0.05) is 11.1 Å². The molecule has 1 aromatic carbocycles. The number of nitrogens with one attached hydrogen (secondary N) is 2. The van der Waals surface area contributed by atoms with Crippen LogP contribution in [0.25, 0.3) is 10.6 Å². The molecule has 0 spiro atoms. The Bertz CT molecular complexity index is 987. The number of thiazole rings is 1. The number of dihydropyridines is 1. The molecule has 1 saturated carbocycles. The molecule has 8 heteroatoms. The highest BCUT2D eigenvalue weighted by Crippen LogP contribution is 2.36. The van der Waals surface area contributed by atoms with Gasteiger partial charge in [0.25, 0.3) is 5.91 Å². The summed E-state index contributed by atoms with van der Waals surface area (Å²) < 4.78 is 28.0. The van der Waals surface area contributed by atoms with Gasteiger partial charge in [0.15, 0.2) is 0 Å². The molecule has 3 atom stereocenters. The minimum Gasteiger partial charge on any atom is -0.393 e. The van der Waals surface area contributed by atoms with Gasteiger partial charge in [-0.25, -0.2) is 13.8 Å². The first-order chi connectivity index (χ1) is 14.4. The second-order valence-corrected chi connectivity index (χ2v) is 8.76. The van der Waals surface area contributed by atoms with Crippen molar-refractivity contribution in [2.24, 2.45) is 11.8 Å². The quantitative estimate of drug-likeness (QED) is 0.685. The maximum Gasteiger partial charge on any atom is 0.274 e. The highest BCUT2D eigenvalue weighted by atomic mass is 32.1. The van der Waals surface area contributed by atoms with E-state index in [0.717, 1.165) is 47.6 Å². The molecule has 4 rings (SSSR count). The molecular weight excluding hydrogens is 408 g/mol. The molecule has 0 saturated heterocycles. The fourth-order valence-corrected chi connectivity index (χ4v) is 5.08. The third-order valence-electron chi connectivity index (χ3n) is 5.54. The van der Waals surface area contributed by atoms with Crippen molar-refractivity contribution in [2.45, 2.75) is 32.3 Å². The summed E-state index contributed by atoms with van der Waals surface area (Å²) >= 11 is 1.02. The maximum absolute atomic E-state index is 14.0. The molecular formula is C22H23F2N3O2S. The van der Waals surface area contributed by atoms with Gasteiger partial charge < -0.3 is 15.7 Å². The van der Waals surface area contributed by atoms with Crippen molar-refractivity contribution >= 4 is 17.2 Å². The molecule has 0 radical (unpaired) electrons. The first-order valence-corrected chi connectivity index (χ1v) is 10.8. The summed E-state index contributed by atoms with van der Waals surface area (Å²) in [7, 11) is 0. The number of aliphatic hydroxyl groups excluding tert-OH is 1. The van der Waals surface area contributed by atoms with Crippen LogP contribution in [0.4, 0.5) is 8.78 Å². The van der Waals surface area contributed by atoms with Gasteiger partial charge in [-0.1, -0.05) is 13.0 Å². The predicted octanol–water partition coefficient (Wildman–Crippen LogP) is 3.99. The minimum absolute atomic E-state index is 0.108. The van der Waals surface area contributed by atoms with E-state index in [1.807, 2.05) is 12.3 Å². The van der Waals surface area contributed by atoms with Crippen LogP contribution < -0.4 is 10.6 Å². The van der Waals surface area contributed by atoms with Gasteiger partial charge >= 0.3 is 0 Å². The normalized spacial score (nSPS) is 23.9. The van der Waals surface area contributed by atoms with Crippen molar-refractivity contribution in [2.75, 3.05) is 6.54 Å². The highest BCUT2D eigenvalue weighted by Gasteiger charge is 2.29. The topological polar surface area (TPSA) is 74.2 Å². The van der Waals surface area contributed by atoms with Crippen LogP contribution in [0.1, 0.15) is 36.7 Å². The van der Waals surface area contributed by atoms with Crippen LogP contribution in [0.3, 0.4) is 0 Å². The van der Waals surface area contributed by atoms with Crippen molar-refractivity contribution in [3.63, 3.8) is 0 Å². The number of hydrogen-bond acceptors (Lipinski definition) is 5. The average Bonchev–Trinajstić information content (AvgIpc) is 3.17. The monoisotopic (exact) mass is 431 g/mol. The Balaban J connectivity index is 1.56. The molecule has 2 heterocycles. The minimum atomic E-state index is -0.715. The Kier molecular flexibility index (Phi) is 5.97. The zero-order valence-corrected chi connectivity index (χ0v) is 17.3. The maximum atomic E-state index is 14.0. The van der Waals surface area contributed by atoms with Crippen molar-refractivity contribution in [3.05, 3.63) is 64.5 Å². The molecule has 1 amide bonds. The fourth-order valence-electron chi connectivity index (χ4n) is 4.23. The average molecular weight is 432 g/mol. The van der Waals surface area contributed by atoms with Crippen molar-refractivity contribution in [1.29, 1.82) is 0 Å². The highest BCUT2D eigenvalue weighted by molar-refractivity contribution is 7.13. The number of carbonyl (C=O) groups excluding carboxylic acids is 1. The Labute approximate surface area is 177 Å². The van der Waals surface area contributed by atoms with E-state index in [-0.39, 0.29) is 28.3 Å². The molecule has 2 aromatic rings. The molecule has 5 nitrogen and oxygen atoms in total. The third-order valence-corrected chi connectivity index (χ3v) is 6.40. The second kappa shape index (κ2) is 8.65. The Morgan fingerprint density at radius 1 is 1.27 bits per heavy atom. The third kappa shape index (κ3) is 4.29. The summed E-state index contributed by atoms with van der Waals surface area (Å²) in [6, 6.07) is 3.61. The summed E-state index contributed by atoms with van der Waals surface area (Å²) in [5, 5.41) is 17.8. The number of nitrogens with zero attached hydrogens (tertiary/aromatic N) is 1. The molecule has 0 bridgehead atoms. The summed E-state index contributed by atoms with van der Waals surface area (Å²) in [5.74, 6) is -1.29. The van der Waals surface area contributed by atoms with Crippen molar-refractivity contribution in [1.82, 2.24) is 15.6 Å². The van der Waals surface area contributed by atoms with E-state index in [1.54, 1.807) is 0 Å². The lowest BCUT2D eigenvalue weighted by atomic mass is 9.76. The summed E-state index contributed by atoms with van der Waals surface area (Å²) in [6.45, 7) is 2.58. The molecule has 158 valence electrons. The number of aliphatic hydroxyl groups is 1. The summed E-state index contributed by atoms with van der Waals surface area (Å²) in [4.78, 5) is 16.9. The Morgan fingerprint density at radius 3 is 2.77 bits per heavy atom. The van der Waals surface area contributed by atoms with Gasteiger partial charge in [0.2, 0.25) is 0 Å². The van der Waals surface area contributed by atoms with Gasteiger partial charge in [-0.3, -0.25) is 4.79 Å². The van der Waals surface area contributed by atoms with Gasteiger partial charge in [-0.15, -0.1) is 11.3 Å². The number of rotatable bonds is 4. The molecule has 1 aliphatic carbocycles. The van der Waals surface area contributed by atoms with Crippen LogP contribution in [0.2, 0.25) is 0 Å². The SMILES string of the molecule is C[C@@H]1C[C@H](O)C[C@H](C2=C(NC(=O)c3csc(-c4c(F)cccc4F)n3)CNC=C2)C1. The van der Waals surface area contributed by atoms with Crippen LogP contribution in [-0.2, 0) is 0 Å². The van der Waals surface area contributed by atoms with Crippen LogP contribution in [-0.4, -0.2) is 28.6 Å². The fraction of sp³-hybridized carbons (Fsp3) is 0.364. The molecule has 1 aliphatic heterocycles. The molecule has 1 fully saturated rings. The van der Waals surface area contributed by atoms with Crippen LogP contribution in [0.5, 0.6) is 0 Å². The van der Waals surface area contributed by atoms with Crippen molar-refractivity contribution < 1.29 is 18.7 Å². The molecule has 1 aromatic heterocycles. The molecule has 30 heavy (non-hydrogen) atoms. The lowest BCUT2D eigenvalue weighted by Gasteiger charge is -2.33. The van der Waals surface area contributed by atoms with Crippen LogP contribution in [0, 0.1) is 23.5 Å². The smallest absolute Gasteiger partial charge is 0.274 e. The predicted molar refractivity (Wildman–Crippen MR) is 112 cm³/mol. The molecule has 2 aliphatic rings. The van der Waals surface area contributed by atoms with E-state index in [1.165, 1.54) is 11.4 Å². The van der Waals surface area contributed by atoms with E-state index < -0.39 is 17.5 Å². The standard InChI is InChI=1S/C22H23F2N3O2S/c1-12-7-13(9-14(28)8-12)15-5-6-25-10-18(15)26-21(29)19-11-30-22(27-19)20-16(23)3-2-4-17(20)24/h2-6,11-14,25,28H,7-10H2,1H3,(H,26,29)/t12-,13+,14-/m0/s1. The number of amides is 1. The number of halogens is 2. The zero-order valence-electron chi connectivity index (χ0n) is 16.5. The van der Waals surface area contributed by atoms with Gasteiger partial charge in [-0.2, -0.15) is 0 Å². The number of hydrogen-bond donors (Lipinski definition) is 3. The second-order valence-electron chi connectivity index (χ2n) is 7.90. The molecule has 3 N–H and O–H groups in total. The van der Waals surface area contributed by atoms with Crippen LogP contribution in [0.15, 0.2) is 47.1 Å². The summed E-state index contributed by atoms with van der Waals surface area (Å²) in [5.41, 5.74) is 1.62. The first-order valence-electron chi connectivity index (χ1n) is 9.94. The van der Waals surface area contributed by atoms with E-state index in [4.69, 9.17) is 0 Å². The van der Waals surface area contributed by atoms with E-state index in [0.29, 0.717) is 18.9 Å². The number of aromatic nitrogens is 1. The van der Waals surface area contributed by atoms with Gasteiger partial charge in [0.05, 0.1) is 18.2 Å². The largest absolute Gasteiger partial charge is 0.393 e. The Hall–Kier alpha value is -2.58. The van der Waals surface area contributed by atoms with E-state index in [9.17, 15) is 18.7 Å². The number of carbonyl (C=O) groups is 1. The summed E-state index contributed by atoms with van der Waals surface area (Å²) in [6.07, 6.45) is 5.85. The zero-order chi connectivity index (χ0) is 21.3. The molecule has 0 unspecified atom stereocenters. The lowest BCUT2D eigenvalue weighted by Crippen LogP contribution is -2.34. The van der Waals surface area contributed by atoms with E-state index >= 15 is 0 Å². The van der Waals surface area contributed by atoms with E-state index in [2.05, 4.69) is 22.5 Å². The van der Waals surface area contributed by atoms with Gasteiger partial charge in [-0.05, 0) is 61.1 Å².